The summed E-state index contributed by atoms with van der Waals surface area (Å²) in [7, 11) is 0. The van der Waals surface area contributed by atoms with E-state index < -0.39 is 0 Å². The Morgan fingerprint density at radius 1 is 1.38 bits per heavy atom. The van der Waals surface area contributed by atoms with E-state index in [0.29, 0.717) is 6.61 Å². The van der Waals surface area contributed by atoms with Gasteiger partial charge in [-0.15, -0.1) is 12.4 Å². The van der Waals surface area contributed by atoms with Crippen LogP contribution in [0.5, 0.6) is 5.75 Å². The molecular formula is C12H18ClNO2. The molecule has 2 rings (SSSR count). The second kappa shape index (κ2) is 6.09. The summed E-state index contributed by atoms with van der Waals surface area (Å²) in [6.45, 7) is 3.48. The molecule has 16 heavy (non-hydrogen) atoms. The van der Waals surface area contributed by atoms with Crippen molar-refractivity contribution in [3.8, 4) is 5.75 Å². The topological polar surface area (TPSA) is 44.5 Å². The first-order valence-corrected chi connectivity index (χ1v) is 5.35. The highest BCUT2D eigenvalue weighted by Gasteiger charge is 2.16. The third-order valence-corrected chi connectivity index (χ3v) is 2.60. The molecule has 0 radical (unpaired) electrons. The molecule has 1 aromatic carbocycles. The minimum Gasteiger partial charge on any atom is -0.488 e. The molecule has 1 aliphatic heterocycles. The largest absolute Gasteiger partial charge is 0.488 e. The van der Waals surface area contributed by atoms with Crippen LogP contribution in [0.3, 0.4) is 0 Å². The zero-order valence-corrected chi connectivity index (χ0v) is 10.2. The lowest BCUT2D eigenvalue weighted by Crippen LogP contribution is -2.15. The lowest BCUT2D eigenvalue weighted by atomic mass is 10.1. The van der Waals surface area contributed by atoms with Crippen molar-refractivity contribution in [1.29, 1.82) is 0 Å². The van der Waals surface area contributed by atoms with Gasteiger partial charge in [0.2, 0.25) is 0 Å². The third kappa shape index (κ3) is 3.37. The van der Waals surface area contributed by atoms with Gasteiger partial charge in [-0.2, -0.15) is 0 Å². The molecule has 2 N–H and O–H groups in total. The fourth-order valence-corrected chi connectivity index (χ4v) is 1.65. The molecule has 3 nitrogen and oxygen atoms in total. The van der Waals surface area contributed by atoms with E-state index in [1.807, 2.05) is 31.2 Å². The monoisotopic (exact) mass is 243 g/mol. The Morgan fingerprint density at radius 3 is 2.56 bits per heavy atom. The van der Waals surface area contributed by atoms with Crippen LogP contribution in [-0.4, -0.2) is 19.3 Å². The van der Waals surface area contributed by atoms with Crippen LogP contribution in [0.2, 0.25) is 0 Å². The minimum atomic E-state index is 0. The molecule has 0 amide bonds. The van der Waals surface area contributed by atoms with Crippen molar-refractivity contribution in [1.82, 2.24) is 0 Å². The van der Waals surface area contributed by atoms with Crippen LogP contribution in [0.4, 0.5) is 0 Å². The highest BCUT2D eigenvalue weighted by atomic mass is 35.5. The molecule has 4 heteroatoms. The summed E-state index contributed by atoms with van der Waals surface area (Å²) in [5.74, 6) is 0.898. The van der Waals surface area contributed by atoms with Gasteiger partial charge in [-0.25, -0.2) is 0 Å². The lowest BCUT2D eigenvalue weighted by Gasteiger charge is -2.12. The molecule has 0 saturated carbocycles. The van der Waals surface area contributed by atoms with Gasteiger partial charge in [-0.05, 0) is 24.6 Å². The summed E-state index contributed by atoms with van der Waals surface area (Å²) in [5.41, 5.74) is 6.90. The number of hydrogen-bond donors (Lipinski definition) is 1. The fraction of sp³-hybridized carbons (Fsp3) is 0.500. The standard InChI is InChI=1S/C12H17NO2.ClH/c1-9(13)10-2-4-11(5-3-10)15-12-6-7-14-8-12;/h2-5,9,12H,6-8,13H2,1H3;1H/t9-,12?;/m0./s1. The number of rotatable bonds is 3. The van der Waals surface area contributed by atoms with Crippen LogP contribution in [0.15, 0.2) is 24.3 Å². The van der Waals surface area contributed by atoms with Crippen LogP contribution < -0.4 is 10.5 Å². The van der Waals surface area contributed by atoms with Crippen molar-refractivity contribution < 1.29 is 9.47 Å². The Balaban J connectivity index is 0.00000128. The molecule has 1 fully saturated rings. The summed E-state index contributed by atoms with van der Waals surface area (Å²) in [6.07, 6.45) is 1.20. The predicted octanol–water partition coefficient (Wildman–Crippen LogP) is 2.30. The predicted molar refractivity (Wildman–Crippen MR) is 66.1 cm³/mol. The van der Waals surface area contributed by atoms with Gasteiger partial charge in [0.15, 0.2) is 0 Å². The van der Waals surface area contributed by atoms with E-state index in [2.05, 4.69) is 0 Å². The Kier molecular flexibility index (Phi) is 5.06. The van der Waals surface area contributed by atoms with Crippen LogP contribution in [-0.2, 0) is 4.74 Å². The van der Waals surface area contributed by atoms with E-state index in [0.717, 1.165) is 24.3 Å². The molecule has 0 aliphatic carbocycles. The van der Waals surface area contributed by atoms with E-state index in [1.54, 1.807) is 0 Å². The molecule has 2 atom stereocenters. The molecule has 1 aliphatic rings. The number of halogens is 1. The van der Waals surface area contributed by atoms with Gasteiger partial charge in [-0.3, -0.25) is 0 Å². The number of nitrogens with two attached hydrogens (primary N) is 1. The van der Waals surface area contributed by atoms with E-state index in [4.69, 9.17) is 15.2 Å². The second-order valence-corrected chi connectivity index (χ2v) is 3.96. The first kappa shape index (κ1) is 13.3. The van der Waals surface area contributed by atoms with Crippen molar-refractivity contribution in [2.24, 2.45) is 5.73 Å². The third-order valence-electron chi connectivity index (χ3n) is 2.60. The normalized spacial score (nSPS) is 21.2. The van der Waals surface area contributed by atoms with Crippen LogP contribution >= 0.6 is 12.4 Å². The highest BCUT2D eigenvalue weighted by Crippen LogP contribution is 2.19. The maximum Gasteiger partial charge on any atom is 0.124 e. The Hall–Kier alpha value is -0.770. The molecule has 1 aromatic rings. The smallest absolute Gasteiger partial charge is 0.124 e. The van der Waals surface area contributed by atoms with Gasteiger partial charge in [0.05, 0.1) is 13.2 Å². The fourth-order valence-electron chi connectivity index (χ4n) is 1.65. The summed E-state index contributed by atoms with van der Waals surface area (Å²) in [5, 5.41) is 0. The van der Waals surface area contributed by atoms with Crippen molar-refractivity contribution in [2.75, 3.05) is 13.2 Å². The van der Waals surface area contributed by atoms with E-state index in [-0.39, 0.29) is 24.6 Å². The van der Waals surface area contributed by atoms with Crippen molar-refractivity contribution in [3.05, 3.63) is 29.8 Å². The summed E-state index contributed by atoms with van der Waals surface area (Å²) >= 11 is 0. The van der Waals surface area contributed by atoms with E-state index >= 15 is 0 Å². The zero-order valence-electron chi connectivity index (χ0n) is 9.39. The Morgan fingerprint density at radius 2 is 2.06 bits per heavy atom. The zero-order chi connectivity index (χ0) is 10.7. The van der Waals surface area contributed by atoms with Gasteiger partial charge in [-0.1, -0.05) is 12.1 Å². The van der Waals surface area contributed by atoms with Crippen molar-refractivity contribution in [3.63, 3.8) is 0 Å². The van der Waals surface area contributed by atoms with Crippen molar-refractivity contribution >= 4 is 12.4 Å². The molecule has 1 unspecified atom stereocenters. The van der Waals surface area contributed by atoms with Crippen LogP contribution in [0.25, 0.3) is 0 Å². The summed E-state index contributed by atoms with van der Waals surface area (Å²) in [6, 6.07) is 8.04. The first-order chi connectivity index (χ1) is 7.25. The van der Waals surface area contributed by atoms with E-state index in [9.17, 15) is 0 Å². The van der Waals surface area contributed by atoms with Gasteiger partial charge < -0.3 is 15.2 Å². The molecule has 0 bridgehead atoms. The SMILES string of the molecule is C[C@H](N)c1ccc(OC2CCOC2)cc1.Cl. The number of ether oxygens (including phenoxy) is 2. The first-order valence-electron chi connectivity index (χ1n) is 5.35. The van der Waals surface area contributed by atoms with Gasteiger partial charge >= 0.3 is 0 Å². The molecular weight excluding hydrogens is 226 g/mol. The second-order valence-electron chi connectivity index (χ2n) is 3.96. The lowest BCUT2D eigenvalue weighted by molar-refractivity contribution is 0.141. The Bertz CT molecular complexity index is 307. The number of benzene rings is 1. The molecule has 0 aromatic heterocycles. The van der Waals surface area contributed by atoms with Crippen LogP contribution in [0, 0.1) is 0 Å². The van der Waals surface area contributed by atoms with Crippen molar-refractivity contribution in [2.45, 2.75) is 25.5 Å². The van der Waals surface area contributed by atoms with Gasteiger partial charge in [0, 0.05) is 12.5 Å². The summed E-state index contributed by atoms with van der Waals surface area (Å²) in [4.78, 5) is 0. The quantitative estimate of drug-likeness (QED) is 0.886. The van der Waals surface area contributed by atoms with Crippen LogP contribution in [0.1, 0.15) is 24.9 Å². The maximum absolute atomic E-state index is 5.77. The summed E-state index contributed by atoms with van der Waals surface area (Å²) < 4.78 is 11.0. The average molecular weight is 244 g/mol. The molecule has 0 spiro atoms. The van der Waals surface area contributed by atoms with Gasteiger partial charge in [0.1, 0.15) is 11.9 Å². The number of hydrogen-bond acceptors (Lipinski definition) is 3. The highest BCUT2D eigenvalue weighted by molar-refractivity contribution is 5.85. The average Bonchev–Trinajstić information content (AvgIpc) is 2.71. The molecule has 90 valence electrons. The van der Waals surface area contributed by atoms with Gasteiger partial charge in [0.25, 0.3) is 0 Å². The molecule has 1 heterocycles. The van der Waals surface area contributed by atoms with E-state index in [1.165, 1.54) is 0 Å². The maximum atomic E-state index is 5.77. The molecule has 1 saturated heterocycles. The Labute approximate surface area is 102 Å². The minimum absolute atomic E-state index is 0.